The lowest BCUT2D eigenvalue weighted by Crippen LogP contribution is -2.31. The molecule has 0 bridgehead atoms. The minimum absolute atomic E-state index is 0.152. The number of sulfone groups is 1. The van der Waals surface area contributed by atoms with Gasteiger partial charge in [0.05, 0.1) is 16.2 Å². The molecule has 0 heterocycles. The zero-order valence-electron chi connectivity index (χ0n) is 10.7. The van der Waals surface area contributed by atoms with Crippen molar-refractivity contribution < 1.29 is 26.2 Å². The van der Waals surface area contributed by atoms with E-state index in [-0.39, 0.29) is 17.0 Å². The van der Waals surface area contributed by atoms with E-state index in [4.69, 9.17) is 4.55 Å². The minimum atomic E-state index is -4.22. The van der Waals surface area contributed by atoms with Crippen LogP contribution in [0.5, 0.6) is 0 Å². The normalized spacial score (nSPS) is 12.9. The third-order valence-electron chi connectivity index (χ3n) is 2.37. The first-order chi connectivity index (χ1) is 9.86. The molecule has 0 spiro atoms. The summed E-state index contributed by atoms with van der Waals surface area (Å²) < 4.78 is 52.9. The van der Waals surface area contributed by atoms with E-state index in [0.717, 1.165) is 0 Å². The van der Waals surface area contributed by atoms with Gasteiger partial charge in [-0.3, -0.25) is 9.35 Å². The summed E-state index contributed by atoms with van der Waals surface area (Å²) >= 11 is 8.70. The van der Waals surface area contributed by atoms with Gasteiger partial charge in [0.25, 0.3) is 16.0 Å². The first-order valence-electron chi connectivity index (χ1n) is 5.50. The van der Waals surface area contributed by atoms with Crippen LogP contribution >= 0.6 is 47.8 Å². The fourth-order valence-corrected chi connectivity index (χ4v) is 4.29. The van der Waals surface area contributed by atoms with Crippen LogP contribution in [-0.2, 0) is 20.0 Å². The maximum Gasteiger partial charge on any atom is 0.266 e. The van der Waals surface area contributed by atoms with E-state index in [9.17, 15) is 21.6 Å². The largest absolute Gasteiger partial charge is 0.351 e. The molecule has 7 nitrogen and oxygen atoms in total. The molecular formula is C10H10Br3NO6S2. The number of rotatable bonds is 5. The molecule has 0 aliphatic rings. The van der Waals surface area contributed by atoms with Crippen molar-refractivity contribution in [2.24, 2.45) is 0 Å². The van der Waals surface area contributed by atoms with Crippen molar-refractivity contribution in [3.63, 3.8) is 0 Å². The molecule has 0 saturated carbocycles. The molecule has 0 radical (unpaired) electrons. The summed E-state index contributed by atoms with van der Waals surface area (Å²) in [5.74, 6) is -1.45. The topological polar surface area (TPSA) is 118 Å². The number of benzene rings is 1. The average Bonchev–Trinajstić information content (AvgIpc) is 2.35. The Morgan fingerprint density at radius 2 is 1.68 bits per heavy atom. The predicted molar refractivity (Wildman–Crippen MR) is 91.9 cm³/mol. The van der Waals surface area contributed by atoms with Gasteiger partial charge in [0, 0.05) is 6.54 Å². The highest BCUT2D eigenvalue weighted by molar-refractivity contribution is 9.42. The first kappa shape index (κ1) is 20.0. The van der Waals surface area contributed by atoms with Crippen molar-refractivity contribution in [2.45, 2.75) is 6.37 Å². The van der Waals surface area contributed by atoms with Gasteiger partial charge < -0.3 is 5.32 Å². The molecule has 0 aromatic heterocycles. The summed E-state index contributed by atoms with van der Waals surface area (Å²) in [4.78, 5) is 11.8. The number of nitrogens with one attached hydrogen (secondary N) is 1. The van der Waals surface area contributed by atoms with Gasteiger partial charge in [-0.2, -0.15) is 8.42 Å². The molecule has 2 N–H and O–H groups in total. The van der Waals surface area contributed by atoms with Gasteiger partial charge in [-0.1, -0.05) is 12.1 Å². The molecule has 0 fully saturated rings. The lowest BCUT2D eigenvalue weighted by atomic mass is 10.2. The second-order valence-electron chi connectivity index (χ2n) is 3.99. The Balaban J connectivity index is 3.10. The van der Waals surface area contributed by atoms with Crippen LogP contribution in [0.2, 0.25) is 0 Å². The van der Waals surface area contributed by atoms with Crippen molar-refractivity contribution in [1.29, 1.82) is 0 Å². The Hall–Kier alpha value is -0.01000. The van der Waals surface area contributed by atoms with Crippen molar-refractivity contribution >= 4 is 73.7 Å². The van der Waals surface area contributed by atoms with Crippen LogP contribution in [0.1, 0.15) is 10.4 Å². The molecule has 124 valence electrons. The summed E-state index contributed by atoms with van der Waals surface area (Å²) in [5.41, 5.74) is -0.152. The van der Waals surface area contributed by atoms with E-state index < -0.39 is 33.1 Å². The highest BCUT2D eigenvalue weighted by atomic mass is 80.0. The van der Waals surface area contributed by atoms with Crippen LogP contribution in [0, 0.1) is 0 Å². The molecule has 0 saturated heterocycles. The average molecular weight is 544 g/mol. The predicted octanol–water partition coefficient (Wildman–Crippen LogP) is 1.87. The Kier molecular flexibility index (Phi) is 6.61. The van der Waals surface area contributed by atoms with Gasteiger partial charge in [-0.15, -0.1) is 0 Å². The minimum Gasteiger partial charge on any atom is -0.351 e. The van der Waals surface area contributed by atoms with Gasteiger partial charge in [0.2, 0.25) is 11.3 Å². The Bertz CT molecular complexity index is 770. The summed E-state index contributed by atoms with van der Waals surface area (Å²) in [6, 6.07) is 5.44. The van der Waals surface area contributed by atoms with Gasteiger partial charge in [-0.05, 0) is 59.9 Å². The third kappa shape index (κ3) is 5.27. The van der Waals surface area contributed by atoms with E-state index in [2.05, 4.69) is 53.1 Å². The van der Waals surface area contributed by atoms with Crippen LogP contribution < -0.4 is 5.32 Å². The molecular weight excluding hydrogens is 534 g/mol. The fraction of sp³-hybridized carbons (Fsp3) is 0.300. The maximum absolute atomic E-state index is 12.4. The number of halogens is 3. The molecule has 22 heavy (non-hydrogen) atoms. The molecule has 1 rings (SSSR count). The molecule has 0 aliphatic heterocycles. The van der Waals surface area contributed by atoms with E-state index in [1.165, 1.54) is 24.3 Å². The number of hydrogen-bond acceptors (Lipinski definition) is 5. The molecule has 1 amide bonds. The first-order valence-corrected chi connectivity index (χ1v) is 11.0. The lowest BCUT2D eigenvalue weighted by molar-refractivity contribution is 0.0953. The van der Waals surface area contributed by atoms with Gasteiger partial charge in [0.15, 0.2) is 0 Å². The Morgan fingerprint density at radius 3 is 2.18 bits per heavy atom. The van der Waals surface area contributed by atoms with Crippen LogP contribution in [0.4, 0.5) is 0 Å². The summed E-state index contributed by atoms with van der Waals surface area (Å²) in [6.45, 7) is -0.353. The van der Waals surface area contributed by atoms with E-state index in [1.54, 1.807) is 0 Å². The van der Waals surface area contributed by atoms with Crippen molar-refractivity contribution in [2.75, 3.05) is 12.3 Å². The van der Waals surface area contributed by atoms with Crippen molar-refractivity contribution in [3.8, 4) is 0 Å². The molecule has 1 aromatic carbocycles. The highest BCUT2D eigenvalue weighted by Gasteiger charge is 2.39. The van der Waals surface area contributed by atoms with E-state index in [1.807, 2.05) is 0 Å². The van der Waals surface area contributed by atoms with Crippen LogP contribution in [-0.4, -0.2) is 41.1 Å². The van der Waals surface area contributed by atoms with Crippen LogP contribution in [0.3, 0.4) is 0 Å². The quantitative estimate of drug-likeness (QED) is 0.432. The highest BCUT2D eigenvalue weighted by Crippen LogP contribution is 2.43. The number of hydrogen-bond donors (Lipinski definition) is 2. The number of alkyl halides is 3. The summed E-state index contributed by atoms with van der Waals surface area (Å²) in [6.07, 6.45) is 0. The monoisotopic (exact) mass is 541 g/mol. The smallest absolute Gasteiger partial charge is 0.266 e. The van der Waals surface area contributed by atoms with E-state index in [0.29, 0.717) is 0 Å². The van der Waals surface area contributed by atoms with Gasteiger partial charge in [-0.25, -0.2) is 8.42 Å². The lowest BCUT2D eigenvalue weighted by Gasteiger charge is -2.16. The second-order valence-corrected chi connectivity index (χ2v) is 16.0. The summed E-state index contributed by atoms with van der Waals surface area (Å²) in [5, 5.41) is 2.23. The maximum atomic E-state index is 12.4. The van der Waals surface area contributed by atoms with E-state index >= 15 is 0 Å². The van der Waals surface area contributed by atoms with Crippen LogP contribution in [0.25, 0.3) is 0 Å². The van der Waals surface area contributed by atoms with Crippen LogP contribution in [0.15, 0.2) is 29.2 Å². The van der Waals surface area contributed by atoms with Crippen molar-refractivity contribution in [3.05, 3.63) is 29.8 Å². The molecule has 0 aliphatic carbocycles. The zero-order valence-corrected chi connectivity index (χ0v) is 17.1. The van der Waals surface area contributed by atoms with Gasteiger partial charge in [0.1, 0.15) is 0 Å². The number of carbonyl (C=O) groups excluding carboxylic acids is 1. The molecule has 12 heteroatoms. The molecule has 1 aromatic rings. The number of amides is 1. The number of carbonyl (C=O) groups is 1. The fourth-order valence-electron chi connectivity index (χ4n) is 1.40. The Labute approximate surface area is 152 Å². The molecule has 0 unspecified atom stereocenters. The zero-order chi connectivity index (χ0) is 17.2. The second kappa shape index (κ2) is 7.26. The van der Waals surface area contributed by atoms with Crippen molar-refractivity contribution in [1.82, 2.24) is 5.32 Å². The van der Waals surface area contributed by atoms with Gasteiger partial charge >= 0.3 is 0 Å². The molecule has 0 atom stereocenters. The standard InChI is InChI=1S/C10H10Br3NO6S2/c11-10(12,13)22(19,20)8-4-2-1-3-7(8)9(15)14-5-6-21(16,17)18/h1-4H,5-6H2,(H,14,15)(H,16,17,18). The third-order valence-corrected chi connectivity index (χ3v) is 8.47. The Morgan fingerprint density at radius 1 is 1.14 bits per heavy atom. The SMILES string of the molecule is O=C(NCCS(=O)(=O)O)c1ccccc1S(=O)(=O)C(Br)(Br)Br. The summed E-state index contributed by atoms with van der Waals surface area (Å²) in [7, 11) is -8.20.